The zero-order chi connectivity index (χ0) is 15.9. The highest BCUT2D eigenvalue weighted by molar-refractivity contribution is 5.69. The lowest BCUT2D eigenvalue weighted by Gasteiger charge is -2.12. The molecule has 0 aromatic heterocycles. The van der Waals surface area contributed by atoms with Crippen molar-refractivity contribution < 1.29 is 0 Å². The number of rotatable bonds is 5. The Labute approximate surface area is 138 Å². The van der Waals surface area contributed by atoms with Gasteiger partial charge in [-0.15, -0.1) is 0 Å². The highest BCUT2D eigenvalue weighted by Gasteiger charge is 2.02. The van der Waals surface area contributed by atoms with Crippen molar-refractivity contribution in [3.05, 3.63) is 102 Å². The summed E-state index contributed by atoms with van der Waals surface area (Å²) in [6.45, 7) is 2.90. The molecule has 1 heteroatoms. The predicted octanol–water partition coefficient (Wildman–Crippen LogP) is 5.50. The molecule has 0 radical (unpaired) electrons. The molecule has 0 atom stereocenters. The van der Waals surface area contributed by atoms with Crippen LogP contribution in [0, 0.1) is 0 Å². The standard InChI is InChI=1S/C22H21N/c1-2-22(23-17-18-9-5-3-6-10-18)21-15-13-20(14-16-21)19-11-7-4-8-12-19/h2-16,23H,17H2,1H3/b22-2-. The summed E-state index contributed by atoms with van der Waals surface area (Å²) in [6, 6.07) is 29.6. The van der Waals surface area contributed by atoms with Crippen LogP contribution in [0.5, 0.6) is 0 Å². The summed E-state index contributed by atoms with van der Waals surface area (Å²) in [7, 11) is 0. The minimum atomic E-state index is 0.834. The third-order valence-electron chi connectivity index (χ3n) is 3.92. The average Bonchev–Trinajstić information content (AvgIpc) is 2.64. The van der Waals surface area contributed by atoms with E-state index in [1.165, 1.54) is 22.3 Å². The van der Waals surface area contributed by atoms with Crippen molar-refractivity contribution in [2.24, 2.45) is 0 Å². The minimum absolute atomic E-state index is 0.834. The van der Waals surface area contributed by atoms with E-state index in [0.29, 0.717) is 0 Å². The van der Waals surface area contributed by atoms with Gasteiger partial charge in [-0.05, 0) is 29.2 Å². The maximum Gasteiger partial charge on any atom is 0.0400 e. The van der Waals surface area contributed by atoms with Crippen LogP contribution in [0.3, 0.4) is 0 Å². The van der Waals surface area contributed by atoms with Gasteiger partial charge in [0.05, 0.1) is 0 Å². The van der Waals surface area contributed by atoms with Crippen molar-refractivity contribution in [1.29, 1.82) is 0 Å². The predicted molar refractivity (Wildman–Crippen MR) is 98.8 cm³/mol. The Kier molecular flexibility index (Phi) is 4.90. The van der Waals surface area contributed by atoms with Gasteiger partial charge in [0, 0.05) is 12.2 Å². The fourth-order valence-electron chi connectivity index (χ4n) is 2.64. The Hall–Kier alpha value is -2.80. The first-order chi connectivity index (χ1) is 11.4. The van der Waals surface area contributed by atoms with Crippen LogP contribution in [0.15, 0.2) is 91.0 Å². The second kappa shape index (κ2) is 7.46. The van der Waals surface area contributed by atoms with E-state index in [0.717, 1.165) is 12.2 Å². The molecule has 0 aliphatic heterocycles. The molecular weight excluding hydrogens is 278 g/mol. The van der Waals surface area contributed by atoms with Crippen LogP contribution < -0.4 is 5.32 Å². The fraction of sp³-hybridized carbons (Fsp3) is 0.0909. The molecule has 0 saturated heterocycles. The fourth-order valence-corrected chi connectivity index (χ4v) is 2.64. The molecule has 3 aromatic rings. The van der Waals surface area contributed by atoms with Gasteiger partial charge in [0.15, 0.2) is 0 Å². The molecule has 114 valence electrons. The third-order valence-corrected chi connectivity index (χ3v) is 3.92. The second-order valence-corrected chi connectivity index (χ2v) is 5.48. The number of nitrogens with one attached hydrogen (secondary N) is 1. The second-order valence-electron chi connectivity index (χ2n) is 5.48. The lowest BCUT2D eigenvalue weighted by molar-refractivity contribution is 0.888. The van der Waals surface area contributed by atoms with Crippen molar-refractivity contribution in [3.63, 3.8) is 0 Å². The quantitative estimate of drug-likeness (QED) is 0.655. The van der Waals surface area contributed by atoms with Gasteiger partial charge in [0.1, 0.15) is 0 Å². The monoisotopic (exact) mass is 299 g/mol. The van der Waals surface area contributed by atoms with Crippen molar-refractivity contribution in [3.8, 4) is 11.1 Å². The first kappa shape index (κ1) is 15.1. The molecule has 0 saturated carbocycles. The molecule has 3 aromatic carbocycles. The summed E-state index contributed by atoms with van der Waals surface area (Å²) >= 11 is 0. The summed E-state index contributed by atoms with van der Waals surface area (Å²) < 4.78 is 0. The van der Waals surface area contributed by atoms with Gasteiger partial charge >= 0.3 is 0 Å². The summed E-state index contributed by atoms with van der Waals surface area (Å²) in [6.07, 6.45) is 2.13. The molecule has 3 rings (SSSR count). The highest BCUT2D eigenvalue weighted by atomic mass is 14.9. The largest absolute Gasteiger partial charge is 0.381 e. The van der Waals surface area contributed by atoms with Gasteiger partial charge in [-0.1, -0.05) is 91.0 Å². The van der Waals surface area contributed by atoms with Crippen molar-refractivity contribution in [2.45, 2.75) is 13.5 Å². The Morgan fingerprint density at radius 3 is 1.91 bits per heavy atom. The molecule has 0 bridgehead atoms. The van der Waals surface area contributed by atoms with Crippen LogP contribution in [0.1, 0.15) is 18.1 Å². The maximum absolute atomic E-state index is 3.52. The highest BCUT2D eigenvalue weighted by Crippen LogP contribution is 2.21. The van der Waals surface area contributed by atoms with Crippen LogP contribution in [0.2, 0.25) is 0 Å². The Bertz CT molecular complexity index is 756. The zero-order valence-electron chi connectivity index (χ0n) is 13.4. The smallest absolute Gasteiger partial charge is 0.0400 e. The summed E-state index contributed by atoms with van der Waals surface area (Å²) in [5.41, 5.74) is 6.15. The van der Waals surface area contributed by atoms with Gasteiger partial charge in [-0.2, -0.15) is 0 Å². The van der Waals surface area contributed by atoms with E-state index in [9.17, 15) is 0 Å². The molecule has 0 heterocycles. The summed E-state index contributed by atoms with van der Waals surface area (Å²) in [5.74, 6) is 0. The first-order valence-corrected chi connectivity index (χ1v) is 7.97. The number of benzene rings is 3. The zero-order valence-corrected chi connectivity index (χ0v) is 13.4. The maximum atomic E-state index is 3.52. The van der Waals surface area contributed by atoms with E-state index in [4.69, 9.17) is 0 Å². The van der Waals surface area contributed by atoms with E-state index in [2.05, 4.69) is 91.1 Å². The molecule has 1 nitrogen and oxygen atoms in total. The van der Waals surface area contributed by atoms with E-state index in [1.54, 1.807) is 0 Å². The van der Waals surface area contributed by atoms with Gasteiger partial charge in [0.25, 0.3) is 0 Å². The van der Waals surface area contributed by atoms with Crippen LogP contribution in [-0.4, -0.2) is 0 Å². The van der Waals surface area contributed by atoms with Gasteiger partial charge in [-0.25, -0.2) is 0 Å². The molecule has 0 aliphatic carbocycles. The van der Waals surface area contributed by atoms with Crippen molar-refractivity contribution >= 4 is 5.70 Å². The lowest BCUT2D eigenvalue weighted by Crippen LogP contribution is -2.11. The van der Waals surface area contributed by atoms with Crippen LogP contribution in [-0.2, 0) is 6.54 Å². The molecular formula is C22H21N. The summed E-state index contributed by atoms with van der Waals surface area (Å²) in [4.78, 5) is 0. The minimum Gasteiger partial charge on any atom is -0.381 e. The van der Waals surface area contributed by atoms with Crippen LogP contribution in [0.4, 0.5) is 0 Å². The third kappa shape index (κ3) is 3.89. The molecule has 0 amide bonds. The van der Waals surface area contributed by atoms with Gasteiger partial charge < -0.3 is 5.32 Å². The number of hydrogen-bond donors (Lipinski definition) is 1. The van der Waals surface area contributed by atoms with Gasteiger partial charge in [-0.3, -0.25) is 0 Å². The molecule has 23 heavy (non-hydrogen) atoms. The molecule has 0 unspecified atom stereocenters. The lowest BCUT2D eigenvalue weighted by atomic mass is 10.0. The summed E-state index contributed by atoms with van der Waals surface area (Å²) in [5, 5.41) is 3.52. The van der Waals surface area contributed by atoms with E-state index in [-0.39, 0.29) is 0 Å². The average molecular weight is 299 g/mol. The molecule has 1 N–H and O–H groups in total. The SMILES string of the molecule is C/C=C(\NCc1ccccc1)c1ccc(-c2ccccc2)cc1. The topological polar surface area (TPSA) is 12.0 Å². The normalized spacial score (nSPS) is 11.3. The molecule has 0 aliphatic rings. The van der Waals surface area contributed by atoms with Crippen molar-refractivity contribution in [2.75, 3.05) is 0 Å². The number of hydrogen-bond acceptors (Lipinski definition) is 1. The van der Waals surface area contributed by atoms with Crippen LogP contribution >= 0.6 is 0 Å². The van der Waals surface area contributed by atoms with Gasteiger partial charge in [0.2, 0.25) is 0 Å². The van der Waals surface area contributed by atoms with E-state index < -0.39 is 0 Å². The number of allylic oxidation sites excluding steroid dienone is 1. The Morgan fingerprint density at radius 2 is 1.30 bits per heavy atom. The van der Waals surface area contributed by atoms with E-state index in [1.807, 2.05) is 12.1 Å². The molecule has 0 fully saturated rings. The first-order valence-electron chi connectivity index (χ1n) is 7.97. The Morgan fingerprint density at radius 1 is 0.739 bits per heavy atom. The Balaban J connectivity index is 1.72. The van der Waals surface area contributed by atoms with Crippen LogP contribution in [0.25, 0.3) is 16.8 Å². The molecule has 0 spiro atoms. The van der Waals surface area contributed by atoms with E-state index >= 15 is 0 Å². The van der Waals surface area contributed by atoms with Crippen molar-refractivity contribution in [1.82, 2.24) is 5.32 Å².